The zero-order chi connectivity index (χ0) is 17.5. The Kier molecular flexibility index (Phi) is 6.01. The van der Waals surface area contributed by atoms with Gasteiger partial charge < -0.3 is 14.4 Å². The molecule has 0 N–H and O–H groups in total. The number of benzene rings is 2. The van der Waals surface area contributed by atoms with E-state index >= 15 is 0 Å². The molecular formula is C20H23NO3. The van der Waals surface area contributed by atoms with Gasteiger partial charge in [0.15, 0.2) is 11.5 Å². The number of hydrogen-bond acceptors (Lipinski definition) is 3. The molecule has 0 aliphatic carbocycles. The van der Waals surface area contributed by atoms with Gasteiger partial charge in [-0.3, -0.25) is 4.79 Å². The molecule has 126 valence electrons. The number of aryl methyl sites for hydroxylation is 1. The summed E-state index contributed by atoms with van der Waals surface area (Å²) < 4.78 is 10.5. The van der Waals surface area contributed by atoms with Crippen LogP contribution in [0.4, 0.5) is 0 Å². The van der Waals surface area contributed by atoms with Crippen LogP contribution in [0.15, 0.2) is 48.5 Å². The van der Waals surface area contributed by atoms with Crippen LogP contribution in [0.25, 0.3) is 6.08 Å². The van der Waals surface area contributed by atoms with Crippen molar-refractivity contribution in [1.82, 2.24) is 4.90 Å². The average Bonchev–Trinajstić information content (AvgIpc) is 2.61. The van der Waals surface area contributed by atoms with Gasteiger partial charge in [-0.1, -0.05) is 30.3 Å². The molecular weight excluding hydrogens is 302 g/mol. The summed E-state index contributed by atoms with van der Waals surface area (Å²) in [4.78, 5) is 14.0. The van der Waals surface area contributed by atoms with Crippen molar-refractivity contribution in [3.8, 4) is 11.5 Å². The number of likely N-dealkylation sites (N-methyl/N-ethyl adjacent to an activating group) is 1. The first-order valence-electron chi connectivity index (χ1n) is 7.75. The van der Waals surface area contributed by atoms with Gasteiger partial charge in [-0.05, 0) is 41.8 Å². The number of carbonyl (C=O) groups is 1. The quantitative estimate of drug-likeness (QED) is 0.761. The molecule has 0 aliphatic heterocycles. The lowest BCUT2D eigenvalue weighted by Gasteiger charge is -2.16. The third-order valence-electron chi connectivity index (χ3n) is 3.87. The zero-order valence-corrected chi connectivity index (χ0v) is 14.6. The monoisotopic (exact) mass is 325 g/mol. The van der Waals surface area contributed by atoms with E-state index in [9.17, 15) is 4.79 Å². The molecule has 0 atom stereocenters. The Labute approximate surface area is 143 Å². The predicted octanol–water partition coefficient (Wildman–Crippen LogP) is 3.68. The van der Waals surface area contributed by atoms with Gasteiger partial charge in [0, 0.05) is 19.7 Å². The van der Waals surface area contributed by atoms with Crippen LogP contribution in [0.5, 0.6) is 11.5 Å². The molecule has 0 spiro atoms. The van der Waals surface area contributed by atoms with Gasteiger partial charge >= 0.3 is 0 Å². The maximum atomic E-state index is 12.3. The van der Waals surface area contributed by atoms with Crippen LogP contribution >= 0.6 is 0 Å². The molecule has 2 rings (SSSR count). The van der Waals surface area contributed by atoms with Crippen LogP contribution in [-0.4, -0.2) is 32.1 Å². The van der Waals surface area contributed by atoms with Crippen molar-refractivity contribution >= 4 is 12.0 Å². The minimum Gasteiger partial charge on any atom is -0.493 e. The molecule has 4 nitrogen and oxygen atoms in total. The summed E-state index contributed by atoms with van der Waals surface area (Å²) in [5.74, 6) is 1.26. The van der Waals surface area contributed by atoms with Gasteiger partial charge in [-0.2, -0.15) is 0 Å². The molecule has 1 amide bonds. The third kappa shape index (κ3) is 4.38. The molecule has 0 aliphatic rings. The van der Waals surface area contributed by atoms with Gasteiger partial charge in [0.05, 0.1) is 14.2 Å². The second-order valence-electron chi connectivity index (χ2n) is 5.57. The van der Waals surface area contributed by atoms with Crippen molar-refractivity contribution in [2.75, 3.05) is 21.3 Å². The van der Waals surface area contributed by atoms with Crippen LogP contribution in [-0.2, 0) is 11.3 Å². The number of rotatable bonds is 6. The van der Waals surface area contributed by atoms with Crippen molar-refractivity contribution < 1.29 is 14.3 Å². The number of amides is 1. The van der Waals surface area contributed by atoms with Gasteiger partial charge in [-0.25, -0.2) is 0 Å². The summed E-state index contributed by atoms with van der Waals surface area (Å²) in [5, 5.41) is 0. The van der Waals surface area contributed by atoms with E-state index in [1.807, 2.05) is 49.4 Å². The fraction of sp³-hybridized carbons (Fsp3) is 0.250. The SMILES string of the molecule is COc1ccc(/C=C/C(=O)N(C)Cc2ccccc2C)cc1OC. The second-order valence-corrected chi connectivity index (χ2v) is 5.57. The third-order valence-corrected chi connectivity index (χ3v) is 3.87. The first-order valence-corrected chi connectivity index (χ1v) is 7.75. The van der Waals surface area contributed by atoms with Crippen LogP contribution in [0, 0.1) is 6.92 Å². The second kappa shape index (κ2) is 8.20. The molecule has 0 heterocycles. The fourth-order valence-electron chi connectivity index (χ4n) is 2.37. The highest BCUT2D eigenvalue weighted by Gasteiger charge is 2.08. The van der Waals surface area contributed by atoms with E-state index < -0.39 is 0 Å². The van der Waals surface area contributed by atoms with E-state index in [-0.39, 0.29) is 5.91 Å². The number of hydrogen-bond donors (Lipinski definition) is 0. The van der Waals surface area contributed by atoms with Gasteiger partial charge in [0.2, 0.25) is 5.91 Å². The van der Waals surface area contributed by atoms with Crippen molar-refractivity contribution in [2.45, 2.75) is 13.5 Å². The molecule has 0 fully saturated rings. The van der Waals surface area contributed by atoms with Crippen molar-refractivity contribution in [2.24, 2.45) is 0 Å². The lowest BCUT2D eigenvalue weighted by Crippen LogP contribution is -2.24. The summed E-state index contributed by atoms with van der Waals surface area (Å²) in [6.07, 6.45) is 3.35. The summed E-state index contributed by atoms with van der Waals surface area (Å²) in [5.41, 5.74) is 3.21. The normalized spacial score (nSPS) is 10.7. The highest BCUT2D eigenvalue weighted by molar-refractivity contribution is 5.91. The molecule has 4 heteroatoms. The lowest BCUT2D eigenvalue weighted by atomic mass is 10.1. The Balaban J connectivity index is 2.05. The molecule has 0 saturated carbocycles. The topological polar surface area (TPSA) is 38.8 Å². The Hall–Kier alpha value is -2.75. The Morgan fingerprint density at radius 3 is 2.46 bits per heavy atom. The Morgan fingerprint density at radius 2 is 1.79 bits per heavy atom. The van der Waals surface area contributed by atoms with Crippen LogP contribution in [0.2, 0.25) is 0 Å². The smallest absolute Gasteiger partial charge is 0.246 e. The standard InChI is InChI=1S/C20H23NO3/c1-15-7-5-6-8-17(15)14-21(2)20(22)12-10-16-9-11-18(23-3)19(13-16)24-4/h5-13H,14H2,1-4H3/b12-10+. The van der Waals surface area contributed by atoms with Crippen LogP contribution in [0.1, 0.15) is 16.7 Å². The molecule has 0 unspecified atom stereocenters. The van der Waals surface area contributed by atoms with Crippen molar-refractivity contribution in [3.05, 3.63) is 65.2 Å². The van der Waals surface area contributed by atoms with Gasteiger partial charge in [0.25, 0.3) is 0 Å². The van der Waals surface area contributed by atoms with Crippen LogP contribution in [0.3, 0.4) is 0 Å². The highest BCUT2D eigenvalue weighted by Crippen LogP contribution is 2.28. The Morgan fingerprint density at radius 1 is 1.08 bits per heavy atom. The minimum absolute atomic E-state index is 0.0481. The van der Waals surface area contributed by atoms with Gasteiger partial charge in [-0.15, -0.1) is 0 Å². The predicted molar refractivity (Wildman–Crippen MR) is 96.2 cm³/mol. The van der Waals surface area contributed by atoms with E-state index in [0.29, 0.717) is 18.0 Å². The van der Waals surface area contributed by atoms with Crippen LogP contribution < -0.4 is 9.47 Å². The van der Waals surface area contributed by atoms with Crippen molar-refractivity contribution in [1.29, 1.82) is 0 Å². The van der Waals surface area contributed by atoms with E-state index in [0.717, 1.165) is 11.1 Å². The Bertz CT molecular complexity index is 737. The number of ether oxygens (including phenoxy) is 2. The summed E-state index contributed by atoms with van der Waals surface area (Å²) in [7, 11) is 4.98. The van der Waals surface area contributed by atoms with E-state index in [1.54, 1.807) is 38.3 Å². The first kappa shape index (κ1) is 17.6. The maximum absolute atomic E-state index is 12.3. The van der Waals surface area contributed by atoms with Crippen molar-refractivity contribution in [3.63, 3.8) is 0 Å². The minimum atomic E-state index is -0.0481. The molecule has 0 aromatic heterocycles. The molecule has 0 bridgehead atoms. The number of nitrogens with zero attached hydrogens (tertiary/aromatic N) is 1. The highest BCUT2D eigenvalue weighted by atomic mass is 16.5. The first-order chi connectivity index (χ1) is 11.5. The molecule has 2 aromatic rings. The van der Waals surface area contributed by atoms with E-state index in [4.69, 9.17) is 9.47 Å². The molecule has 0 saturated heterocycles. The molecule has 0 radical (unpaired) electrons. The number of methoxy groups -OCH3 is 2. The number of carbonyl (C=O) groups excluding carboxylic acids is 1. The van der Waals surface area contributed by atoms with E-state index in [1.165, 1.54) is 5.56 Å². The van der Waals surface area contributed by atoms with Gasteiger partial charge in [0.1, 0.15) is 0 Å². The largest absolute Gasteiger partial charge is 0.493 e. The average molecular weight is 325 g/mol. The summed E-state index contributed by atoms with van der Waals surface area (Å²) >= 11 is 0. The van der Waals surface area contributed by atoms with E-state index in [2.05, 4.69) is 0 Å². The summed E-state index contributed by atoms with van der Waals surface area (Å²) in [6.45, 7) is 2.63. The summed E-state index contributed by atoms with van der Waals surface area (Å²) in [6, 6.07) is 13.6. The lowest BCUT2D eigenvalue weighted by molar-refractivity contribution is -0.125. The molecule has 24 heavy (non-hydrogen) atoms. The molecule has 2 aromatic carbocycles. The maximum Gasteiger partial charge on any atom is 0.246 e. The zero-order valence-electron chi connectivity index (χ0n) is 14.6. The fourth-order valence-corrected chi connectivity index (χ4v) is 2.37.